The van der Waals surface area contributed by atoms with Crippen LogP contribution in [0.2, 0.25) is 0 Å². The molecule has 0 atom stereocenters. The zero-order valence-electron chi connectivity index (χ0n) is 19.1. The number of anilines is 1. The molecule has 0 unspecified atom stereocenters. The van der Waals surface area contributed by atoms with Crippen molar-refractivity contribution in [2.75, 3.05) is 31.1 Å². The number of carbonyl (C=O) groups excluding carboxylic acids is 1. The average molecular weight is 451 g/mol. The minimum Gasteiger partial charge on any atom is -0.337 e. The molecule has 0 bridgehead atoms. The van der Waals surface area contributed by atoms with Gasteiger partial charge in [0.05, 0.1) is 11.4 Å². The number of aromatic nitrogens is 4. The van der Waals surface area contributed by atoms with Gasteiger partial charge in [-0.2, -0.15) is 5.10 Å². The van der Waals surface area contributed by atoms with Crippen LogP contribution in [0.15, 0.2) is 85.3 Å². The fourth-order valence-electron chi connectivity index (χ4n) is 4.01. The van der Waals surface area contributed by atoms with E-state index in [1.54, 1.807) is 24.5 Å². The molecule has 1 saturated heterocycles. The third-order valence-electron chi connectivity index (χ3n) is 5.92. The molecule has 2 aromatic carbocycles. The van der Waals surface area contributed by atoms with Crippen molar-refractivity contribution in [3.05, 3.63) is 96.5 Å². The Morgan fingerprint density at radius 3 is 2.29 bits per heavy atom. The largest absolute Gasteiger partial charge is 0.337 e. The maximum atomic E-state index is 12.9. The Labute approximate surface area is 199 Å². The van der Waals surface area contributed by atoms with Gasteiger partial charge in [-0.1, -0.05) is 48.0 Å². The lowest BCUT2D eigenvalue weighted by atomic mass is 10.1. The molecular formula is C27H26N6O. The lowest BCUT2D eigenvalue weighted by Gasteiger charge is -2.34. The molecule has 0 radical (unpaired) electrons. The number of para-hydroxylation sites is 1. The van der Waals surface area contributed by atoms with Crippen molar-refractivity contribution in [1.29, 1.82) is 0 Å². The average Bonchev–Trinajstić information content (AvgIpc) is 3.33. The first-order valence-electron chi connectivity index (χ1n) is 11.4. The molecule has 2 aromatic heterocycles. The number of piperazine rings is 1. The van der Waals surface area contributed by atoms with E-state index in [0.717, 1.165) is 22.5 Å². The summed E-state index contributed by atoms with van der Waals surface area (Å²) in [4.78, 5) is 25.5. The zero-order chi connectivity index (χ0) is 23.3. The Balaban J connectivity index is 1.34. The van der Waals surface area contributed by atoms with Crippen molar-refractivity contribution < 1.29 is 4.79 Å². The van der Waals surface area contributed by atoms with E-state index in [9.17, 15) is 4.79 Å². The quantitative estimate of drug-likeness (QED) is 0.430. The van der Waals surface area contributed by atoms with Crippen molar-refractivity contribution in [3.8, 4) is 16.9 Å². The molecular weight excluding hydrogens is 424 g/mol. The van der Waals surface area contributed by atoms with E-state index in [1.807, 2.05) is 52.2 Å². The van der Waals surface area contributed by atoms with Crippen molar-refractivity contribution in [1.82, 2.24) is 24.6 Å². The lowest BCUT2D eigenvalue weighted by Crippen LogP contribution is -2.48. The topological polar surface area (TPSA) is 67.2 Å². The van der Waals surface area contributed by atoms with Crippen molar-refractivity contribution in [2.45, 2.75) is 6.92 Å². The number of benzene rings is 2. The fourth-order valence-corrected chi connectivity index (χ4v) is 4.01. The number of rotatable bonds is 5. The normalized spacial score (nSPS) is 14.0. The maximum absolute atomic E-state index is 12.9. The highest BCUT2D eigenvalue weighted by Crippen LogP contribution is 2.25. The zero-order valence-corrected chi connectivity index (χ0v) is 19.1. The minimum absolute atomic E-state index is 0.00375. The second-order valence-corrected chi connectivity index (χ2v) is 8.27. The number of hydrogen-bond acceptors (Lipinski definition) is 5. The van der Waals surface area contributed by atoms with Crippen LogP contribution in [-0.2, 0) is 4.79 Å². The second kappa shape index (κ2) is 9.70. The summed E-state index contributed by atoms with van der Waals surface area (Å²) in [5.41, 5.74) is 4.93. The Morgan fingerprint density at radius 2 is 1.59 bits per heavy atom. The number of aryl methyl sites for hydroxylation is 1. The molecule has 0 N–H and O–H groups in total. The van der Waals surface area contributed by atoms with Gasteiger partial charge < -0.3 is 9.80 Å². The van der Waals surface area contributed by atoms with Crippen LogP contribution >= 0.6 is 0 Å². The van der Waals surface area contributed by atoms with Gasteiger partial charge in [0.25, 0.3) is 0 Å². The Bertz CT molecular complexity index is 1270. The van der Waals surface area contributed by atoms with Gasteiger partial charge in [0.15, 0.2) is 0 Å². The minimum atomic E-state index is -0.00375. The summed E-state index contributed by atoms with van der Waals surface area (Å²) in [5.74, 6) is 0.706. The molecule has 1 fully saturated rings. The summed E-state index contributed by atoms with van der Waals surface area (Å²) in [6.07, 6.45) is 8.97. The summed E-state index contributed by atoms with van der Waals surface area (Å²) in [6, 6.07) is 20.1. The van der Waals surface area contributed by atoms with Crippen LogP contribution in [-0.4, -0.2) is 56.7 Å². The molecule has 0 spiro atoms. The number of hydrogen-bond donors (Lipinski definition) is 0. The molecule has 7 heteroatoms. The van der Waals surface area contributed by atoms with E-state index in [4.69, 9.17) is 5.10 Å². The molecule has 34 heavy (non-hydrogen) atoms. The van der Waals surface area contributed by atoms with Gasteiger partial charge in [0, 0.05) is 62.0 Å². The smallest absolute Gasteiger partial charge is 0.246 e. The molecule has 7 nitrogen and oxygen atoms in total. The lowest BCUT2D eigenvalue weighted by molar-refractivity contribution is -0.126. The van der Waals surface area contributed by atoms with Crippen molar-refractivity contribution in [2.24, 2.45) is 0 Å². The Hall–Kier alpha value is -4.26. The highest BCUT2D eigenvalue weighted by Gasteiger charge is 2.21. The third-order valence-corrected chi connectivity index (χ3v) is 5.92. The maximum Gasteiger partial charge on any atom is 0.246 e. The molecule has 1 aliphatic heterocycles. The molecule has 4 aromatic rings. The molecule has 0 aliphatic carbocycles. The molecule has 1 aliphatic rings. The predicted octanol–water partition coefficient (Wildman–Crippen LogP) is 4.00. The third kappa shape index (κ3) is 4.73. The van der Waals surface area contributed by atoms with Crippen LogP contribution in [0.4, 0.5) is 5.95 Å². The fraction of sp³-hybridized carbons (Fsp3) is 0.185. The van der Waals surface area contributed by atoms with Crippen molar-refractivity contribution in [3.63, 3.8) is 0 Å². The van der Waals surface area contributed by atoms with Gasteiger partial charge in [-0.3, -0.25) is 4.79 Å². The predicted molar refractivity (Wildman–Crippen MR) is 134 cm³/mol. The highest BCUT2D eigenvalue weighted by atomic mass is 16.2. The molecule has 1 amide bonds. The summed E-state index contributed by atoms with van der Waals surface area (Å²) >= 11 is 0. The molecule has 5 rings (SSSR count). The van der Waals surface area contributed by atoms with E-state index in [-0.39, 0.29) is 5.91 Å². The van der Waals surface area contributed by atoms with Crippen LogP contribution in [0.1, 0.15) is 11.1 Å². The van der Waals surface area contributed by atoms with E-state index in [2.05, 4.69) is 46.1 Å². The van der Waals surface area contributed by atoms with E-state index >= 15 is 0 Å². The summed E-state index contributed by atoms with van der Waals surface area (Å²) in [7, 11) is 0. The van der Waals surface area contributed by atoms with Crippen LogP contribution < -0.4 is 4.90 Å². The van der Waals surface area contributed by atoms with Gasteiger partial charge in [0.1, 0.15) is 0 Å². The highest BCUT2D eigenvalue weighted by molar-refractivity contribution is 5.93. The van der Waals surface area contributed by atoms with Gasteiger partial charge in [-0.25, -0.2) is 14.6 Å². The monoisotopic (exact) mass is 450 g/mol. The first-order chi connectivity index (χ1) is 16.7. The van der Waals surface area contributed by atoms with Gasteiger partial charge >= 0.3 is 0 Å². The first kappa shape index (κ1) is 21.6. The van der Waals surface area contributed by atoms with E-state index in [0.29, 0.717) is 32.1 Å². The first-order valence-corrected chi connectivity index (χ1v) is 11.4. The van der Waals surface area contributed by atoms with E-state index < -0.39 is 0 Å². The van der Waals surface area contributed by atoms with E-state index in [1.165, 1.54) is 5.56 Å². The molecule has 0 saturated carbocycles. The SMILES string of the molecule is Cc1ccc(-c2nn(-c3ccccc3)cc2/C=C/C(=O)N2CCN(c3ncccn3)CC2)cc1. The molecule has 170 valence electrons. The molecule has 3 heterocycles. The summed E-state index contributed by atoms with van der Waals surface area (Å²) in [5, 5.41) is 4.83. The number of amides is 1. The van der Waals surface area contributed by atoms with Crippen molar-refractivity contribution >= 4 is 17.9 Å². The number of nitrogens with zero attached hydrogens (tertiary/aromatic N) is 6. The van der Waals surface area contributed by atoms with Gasteiger partial charge in [-0.15, -0.1) is 0 Å². The summed E-state index contributed by atoms with van der Waals surface area (Å²) < 4.78 is 1.86. The second-order valence-electron chi connectivity index (χ2n) is 8.27. The van der Waals surface area contributed by atoms with Crippen LogP contribution in [0.3, 0.4) is 0 Å². The van der Waals surface area contributed by atoms with Crippen LogP contribution in [0, 0.1) is 6.92 Å². The summed E-state index contributed by atoms with van der Waals surface area (Å²) in [6.45, 7) is 4.76. The standard InChI is InChI=1S/C27H26N6O/c1-21-8-10-22(11-9-21)26-23(20-33(30-26)24-6-3-2-4-7-24)12-13-25(34)31-16-18-32(19-17-31)27-28-14-5-15-29-27/h2-15,20H,16-19H2,1H3/b13-12+. The Kier molecular flexibility index (Phi) is 6.16. The van der Waals surface area contributed by atoms with Crippen LogP contribution in [0.25, 0.3) is 23.0 Å². The number of carbonyl (C=O) groups is 1. The van der Waals surface area contributed by atoms with Gasteiger partial charge in [-0.05, 0) is 31.2 Å². The van der Waals surface area contributed by atoms with Gasteiger partial charge in [0.2, 0.25) is 11.9 Å². The van der Waals surface area contributed by atoms with Crippen LogP contribution in [0.5, 0.6) is 0 Å². The Morgan fingerprint density at radius 1 is 0.882 bits per heavy atom.